The van der Waals surface area contributed by atoms with Gasteiger partial charge in [-0.05, 0) is 30.3 Å². The zero-order valence-corrected chi connectivity index (χ0v) is 16.3. The van der Waals surface area contributed by atoms with E-state index in [2.05, 4.69) is 15.6 Å². The van der Waals surface area contributed by atoms with E-state index in [1.54, 1.807) is 6.07 Å². The average molecular weight is 394 g/mol. The molecule has 1 aliphatic heterocycles. The molecule has 29 heavy (non-hydrogen) atoms. The molecule has 0 aliphatic carbocycles. The number of ether oxygens (including phenoxy) is 2. The maximum absolute atomic E-state index is 12.4. The molecule has 2 amide bonds. The van der Waals surface area contributed by atoms with Crippen LogP contribution in [0.1, 0.15) is 12.7 Å². The minimum atomic E-state index is -0.675. The molecule has 8 nitrogen and oxygen atoms in total. The molecule has 0 unspecified atom stereocenters. The molecule has 0 radical (unpaired) electrons. The zero-order valence-electron chi connectivity index (χ0n) is 16.3. The number of amides is 2. The quantitative estimate of drug-likeness (QED) is 0.691. The number of hydrogen-bond donors (Lipinski definition) is 2. The number of aryl methyl sites for hydroxylation is 1. The van der Waals surface area contributed by atoms with Crippen LogP contribution in [0.25, 0.3) is 11.0 Å². The van der Waals surface area contributed by atoms with Gasteiger partial charge in [0.2, 0.25) is 12.0 Å². The molecule has 8 heteroatoms. The monoisotopic (exact) mass is 394 g/mol. The summed E-state index contributed by atoms with van der Waals surface area (Å²) in [4.78, 5) is 28.3. The molecular formula is C21H22N4O4. The number of nitrogens with zero attached hydrogens (tertiary/aromatic N) is 2. The standard InChI is InChI=1S/C21H22N4O4/c1-13(26)23-14-7-8-16-15(11-14)24-20(25(16)2)9-10-22-21(27)19-12-28-17-5-3-4-6-18(17)29-19/h3-8,11,19H,9-10,12H2,1-2H3,(H,22,27)(H,23,26)/t19-/m0/s1. The van der Waals surface area contributed by atoms with E-state index in [0.29, 0.717) is 30.2 Å². The van der Waals surface area contributed by atoms with Gasteiger partial charge in [0, 0.05) is 32.6 Å². The van der Waals surface area contributed by atoms with E-state index in [0.717, 1.165) is 16.9 Å². The van der Waals surface area contributed by atoms with E-state index in [9.17, 15) is 9.59 Å². The van der Waals surface area contributed by atoms with Crippen LogP contribution in [-0.2, 0) is 23.1 Å². The van der Waals surface area contributed by atoms with E-state index in [-0.39, 0.29) is 18.4 Å². The van der Waals surface area contributed by atoms with Crippen molar-refractivity contribution in [1.29, 1.82) is 0 Å². The fraction of sp³-hybridized carbons (Fsp3) is 0.286. The predicted molar refractivity (Wildman–Crippen MR) is 108 cm³/mol. The van der Waals surface area contributed by atoms with Crippen molar-refractivity contribution in [1.82, 2.24) is 14.9 Å². The van der Waals surface area contributed by atoms with Crippen molar-refractivity contribution >= 4 is 28.5 Å². The Kier molecular flexibility index (Phi) is 5.07. The zero-order chi connectivity index (χ0) is 20.4. The summed E-state index contributed by atoms with van der Waals surface area (Å²) in [6.07, 6.45) is -0.109. The van der Waals surface area contributed by atoms with Crippen molar-refractivity contribution in [2.75, 3.05) is 18.5 Å². The number of imidazole rings is 1. The fourth-order valence-electron chi connectivity index (χ4n) is 3.31. The van der Waals surface area contributed by atoms with Crippen LogP contribution in [0.5, 0.6) is 11.5 Å². The Morgan fingerprint density at radius 3 is 2.79 bits per heavy atom. The number of para-hydroxylation sites is 2. The summed E-state index contributed by atoms with van der Waals surface area (Å²) in [5.74, 6) is 1.72. The Bertz CT molecular complexity index is 1080. The van der Waals surface area contributed by atoms with E-state index in [1.165, 1.54) is 6.92 Å². The highest BCUT2D eigenvalue weighted by molar-refractivity contribution is 5.91. The van der Waals surface area contributed by atoms with Crippen LogP contribution >= 0.6 is 0 Å². The number of nitrogens with one attached hydrogen (secondary N) is 2. The van der Waals surface area contributed by atoms with E-state index >= 15 is 0 Å². The molecule has 1 aliphatic rings. The molecule has 4 rings (SSSR count). The van der Waals surface area contributed by atoms with Crippen molar-refractivity contribution in [2.24, 2.45) is 7.05 Å². The van der Waals surface area contributed by atoms with Gasteiger partial charge >= 0.3 is 0 Å². The van der Waals surface area contributed by atoms with Crippen LogP contribution < -0.4 is 20.1 Å². The first-order valence-corrected chi connectivity index (χ1v) is 9.40. The van der Waals surface area contributed by atoms with Gasteiger partial charge in [-0.15, -0.1) is 0 Å². The summed E-state index contributed by atoms with van der Waals surface area (Å²) >= 11 is 0. The highest BCUT2D eigenvalue weighted by atomic mass is 16.6. The summed E-state index contributed by atoms with van der Waals surface area (Å²) < 4.78 is 13.3. The Labute approximate surface area is 167 Å². The number of hydrogen-bond acceptors (Lipinski definition) is 5. The van der Waals surface area contributed by atoms with Gasteiger partial charge in [-0.1, -0.05) is 12.1 Å². The molecule has 0 saturated heterocycles. The minimum Gasteiger partial charge on any atom is -0.485 e. The number of aromatic nitrogens is 2. The van der Waals surface area contributed by atoms with Gasteiger partial charge in [-0.25, -0.2) is 4.98 Å². The lowest BCUT2D eigenvalue weighted by Crippen LogP contribution is -2.44. The first kappa shape index (κ1) is 18.8. The summed E-state index contributed by atoms with van der Waals surface area (Å²) in [6.45, 7) is 2.08. The second-order valence-electron chi connectivity index (χ2n) is 6.88. The van der Waals surface area contributed by atoms with Gasteiger partial charge in [0.1, 0.15) is 12.4 Å². The normalized spacial score (nSPS) is 15.2. The third-order valence-corrected chi connectivity index (χ3v) is 4.74. The third-order valence-electron chi connectivity index (χ3n) is 4.74. The molecule has 0 bridgehead atoms. The number of benzene rings is 2. The first-order chi connectivity index (χ1) is 14.0. The summed E-state index contributed by atoms with van der Waals surface area (Å²) in [7, 11) is 1.93. The van der Waals surface area contributed by atoms with Crippen LogP contribution in [0.4, 0.5) is 5.69 Å². The Morgan fingerprint density at radius 1 is 1.21 bits per heavy atom. The van der Waals surface area contributed by atoms with Crippen LogP contribution in [0.2, 0.25) is 0 Å². The van der Waals surface area contributed by atoms with E-state index in [1.807, 2.05) is 48.0 Å². The van der Waals surface area contributed by atoms with Gasteiger partial charge in [0.05, 0.1) is 11.0 Å². The van der Waals surface area contributed by atoms with Crippen LogP contribution in [0.15, 0.2) is 42.5 Å². The van der Waals surface area contributed by atoms with Gasteiger partial charge in [0.25, 0.3) is 5.91 Å². The predicted octanol–water partition coefficient (Wildman–Crippen LogP) is 2.03. The highest BCUT2D eigenvalue weighted by Gasteiger charge is 2.27. The number of anilines is 1. The molecule has 1 aromatic heterocycles. The Hall–Kier alpha value is -3.55. The Balaban J connectivity index is 1.37. The maximum Gasteiger partial charge on any atom is 0.264 e. The second-order valence-corrected chi connectivity index (χ2v) is 6.88. The number of fused-ring (bicyclic) bond motifs is 2. The smallest absolute Gasteiger partial charge is 0.264 e. The van der Waals surface area contributed by atoms with Crippen LogP contribution in [0.3, 0.4) is 0 Å². The lowest BCUT2D eigenvalue weighted by Gasteiger charge is -2.25. The minimum absolute atomic E-state index is 0.125. The molecular weight excluding hydrogens is 372 g/mol. The largest absolute Gasteiger partial charge is 0.485 e. The van der Waals surface area contributed by atoms with Gasteiger partial charge in [-0.2, -0.15) is 0 Å². The Morgan fingerprint density at radius 2 is 2.00 bits per heavy atom. The molecule has 2 heterocycles. The third kappa shape index (κ3) is 4.01. The molecule has 1 atom stereocenters. The summed E-state index contributed by atoms with van der Waals surface area (Å²) in [5.41, 5.74) is 2.46. The molecule has 0 fully saturated rings. The average Bonchev–Trinajstić information content (AvgIpc) is 3.02. The van der Waals surface area contributed by atoms with E-state index < -0.39 is 6.10 Å². The maximum atomic E-state index is 12.4. The summed E-state index contributed by atoms with van der Waals surface area (Å²) in [5, 5.41) is 5.64. The van der Waals surface area contributed by atoms with Crippen molar-refractivity contribution in [3.05, 3.63) is 48.3 Å². The van der Waals surface area contributed by atoms with Crippen molar-refractivity contribution < 1.29 is 19.1 Å². The van der Waals surface area contributed by atoms with Gasteiger partial charge in [-0.3, -0.25) is 9.59 Å². The van der Waals surface area contributed by atoms with Gasteiger partial charge in [0.15, 0.2) is 11.5 Å². The highest BCUT2D eigenvalue weighted by Crippen LogP contribution is 2.30. The molecule has 0 saturated carbocycles. The van der Waals surface area contributed by atoms with Gasteiger partial charge < -0.3 is 24.7 Å². The molecule has 2 aromatic carbocycles. The van der Waals surface area contributed by atoms with Crippen molar-refractivity contribution in [3.8, 4) is 11.5 Å². The molecule has 150 valence electrons. The lowest BCUT2D eigenvalue weighted by atomic mass is 10.2. The number of carbonyl (C=O) groups is 2. The van der Waals surface area contributed by atoms with Crippen molar-refractivity contribution in [3.63, 3.8) is 0 Å². The molecule has 0 spiro atoms. The topological polar surface area (TPSA) is 94.5 Å². The van der Waals surface area contributed by atoms with Crippen molar-refractivity contribution in [2.45, 2.75) is 19.4 Å². The molecule has 2 N–H and O–H groups in total. The molecule has 3 aromatic rings. The lowest BCUT2D eigenvalue weighted by molar-refractivity contribution is -0.130. The summed E-state index contributed by atoms with van der Waals surface area (Å²) in [6, 6.07) is 12.9. The first-order valence-electron chi connectivity index (χ1n) is 9.40. The second kappa shape index (κ2) is 7.83. The van der Waals surface area contributed by atoms with Crippen LogP contribution in [-0.4, -0.2) is 40.6 Å². The fourth-order valence-corrected chi connectivity index (χ4v) is 3.31. The number of carbonyl (C=O) groups excluding carboxylic acids is 2. The SMILES string of the molecule is CC(=O)Nc1ccc2c(c1)nc(CCNC(=O)[C@@H]1COc3ccccc3O1)n2C. The number of rotatable bonds is 5. The van der Waals surface area contributed by atoms with E-state index in [4.69, 9.17) is 9.47 Å². The van der Waals surface area contributed by atoms with Crippen LogP contribution in [0, 0.1) is 0 Å².